The van der Waals surface area contributed by atoms with Gasteiger partial charge in [0.25, 0.3) is 0 Å². The molecule has 2 N–H and O–H groups in total. The monoisotopic (exact) mass is 286 g/mol. The van der Waals surface area contributed by atoms with Crippen LogP contribution in [0.25, 0.3) is 0 Å². The lowest BCUT2D eigenvalue weighted by atomic mass is 10.0. The largest absolute Gasteiger partial charge is 0.336 e. The zero-order valence-corrected chi connectivity index (χ0v) is 12.8. The molecule has 0 aliphatic carbocycles. The second-order valence-electron chi connectivity index (χ2n) is 5.34. The number of rotatable bonds is 5. The summed E-state index contributed by atoms with van der Waals surface area (Å²) in [4.78, 5) is 15.8. The molecule has 0 unspecified atom stereocenters. The SMILES string of the molecule is Cc1cc(C)cc([C@@H](C)NC(=O)NCCn2ccnc2)c1. The van der Waals surface area contributed by atoms with E-state index < -0.39 is 0 Å². The summed E-state index contributed by atoms with van der Waals surface area (Å²) in [6.45, 7) is 7.40. The molecule has 0 saturated heterocycles. The number of amides is 2. The van der Waals surface area contributed by atoms with Crippen LogP contribution in [0.4, 0.5) is 4.79 Å². The van der Waals surface area contributed by atoms with Gasteiger partial charge in [-0.1, -0.05) is 29.3 Å². The van der Waals surface area contributed by atoms with Crippen LogP contribution in [0.5, 0.6) is 0 Å². The third-order valence-electron chi connectivity index (χ3n) is 3.31. The number of aromatic nitrogens is 2. The summed E-state index contributed by atoms with van der Waals surface area (Å²) in [6, 6.07) is 6.16. The van der Waals surface area contributed by atoms with Crippen LogP contribution in [0.15, 0.2) is 36.9 Å². The van der Waals surface area contributed by atoms with E-state index in [1.807, 2.05) is 17.7 Å². The molecule has 1 aromatic carbocycles. The smallest absolute Gasteiger partial charge is 0.315 e. The first-order valence-corrected chi connectivity index (χ1v) is 7.13. The van der Waals surface area contributed by atoms with Crippen molar-refractivity contribution in [3.05, 3.63) is 53.6 Å². The first-order valence-electron chi connectivity index (χ1n) is 7.13. The van der Waals surface area contributed by atoms with Gasteiger partial charge in [0.1, 0.15) is 0 Å². The predicted molar refractivity (Wildman–Crippen MR) is 83.1 cm³/mol. The molecule has 0 spiro atoms. The molecule has 1 atom stereocenters. The minimum Gasteiger partial charge on any atom is -0.336 e. The van der Waals surface area contributed by atoms with E-state index >= 15 is 0 Å². The van der Waals surface area contributed by atoms with Crippen LogP contribution < -0.4 is 10.6 Å². The van der Waals surface area contributed by atoms with Gasteiger partial charge in [0.15, 0.2) is 0 Å². The molecule has 2 rings (SSSR count). The number of hydrogen-bond acceptors (Lipinski definition) is 2. The highest BCUT2D eigenvalue weighted by Crippen LogP contribution is 2.16. The Hall–Kier alpha value is -2.30. The van der Waals surface area contributed by atoms with Crippen LogP contribution in [-0.4, -0.2) is 22.1 Å². The van der Waals surface area contributed by atoms with Gasteiger partial charge in [-0.2, -0.15) is 0 Å². The van der Waals surface area contributed by atoms with Gasteiger partial charge in [-0.05, 0) is 26.3 Å². The third kappa shape index (κ3) is 4.63. The number of benzene rings is 1. The Balaban J connectivity index is 1.81. The van der Waals surface area contributed by atoms with Gasteiger partial charge in [-0.15, -0.1) is 0 Å². The van der Waals surface area contributed by atoms with Gasteiger partial charge < -0.3 is 15.2 Å². The summed E-state index contributed by atoms with van der Waals surface area (Å²) in [7, 11) is 0. The number of nitrogens with one attached hydrogen (secondary N) is 2. The summed E-state index contributed by atoms with van der Waals surface area (Å²) < 4.78 is 1.92. The van der Waals surface area contributed by atoms with Crippen molar-refractivity contribution in [2.24, 2.45) is 0 Å². The van der Waals surface area contributed by atoms with Crippen LogP contribution in [0.1, 0.15) is 29.7 Å². The summed E-state index contributed by atoms with van der Waals surface area (Å²) in [5, 5.41) is 5.81. The number of hydrogen-bond donors (Lipinski definition) is 2. The molecule has 1 aromatic heterocycles. The van der Waals surface area contributed by atoms with E-state index in [0.717, 1.165) is 5.56 Å². The van der Waals surface area contributed by atoms with E-state index in [1.165, 1.54) is 11.1 Å². The zero-order valence-electron chi connectivity index (χ0n) is 12.8. The molecule has 0 saturated carbocycles. The molecule has 21 heavy (non-hydrogen) atoms. The minimum absolute atomic E-state index is 0.0168. The van der Waals surface area contributed by atoms with Crippen LogP contribution in [-0.2, 0) is 6.54 Å². The fraction of sp³-hybridized carbons (Fsp3) is 0.375. The lowest BCUT2D eigenvalue weighted by Gasteiger charge is -2.16. The number of carbonyl (C=O) groups excluding carboxylic acids is 1. The predicted octanol–water partition coefficient (Wildman–Crippen LogP) is 2.56. The first-order chi connectivity index (χ1) is 10.0. The highest BCUT2D eigenvalue weighted by atomic mass is 16.2. The van der Waals surface area contributed by atoms with E-state index in [-0.39, 0.29) is 12.1 Å². The third-order valence-corrected chi connectivity index (χ3v) is 3.31. The van der Waals surface area contributed by atoms with Gasteiger partial charge in [-0.25, -0.2) is 9.78 Å². The Kier molecular flexibility index (Phi) is 4.98. The number of nitrogens with zero attached hydrogens (tertiary/aromatic N) is 2. The Labute approximate surface area is 125 Å². The van der Waals surface area contributed by atoms with Crippen molar-refractivity contribution >= 4 is 6.03 Å². The molecule has 2 amide bonds. The highest BCUT2D eigenvalue weighted by molar-refractivity contribution is 5.74. The second kappa shape index (κ2) is 6.92. The summed E-state index contributed by atoms with van der Waals surface area (Å²) in [6.07, 6.45) is 5.33. The van der Waals surface area contributed by atoms with Crippen molar-refractivity contribution in [1.29, 1.82) is 0 Å². The Morgan fingerprint density at radius 3 is 2.62 bits per heavy atom. The standard InChI is InChI=1S/C16H22N4O/c1-12-8-13(2)10-15(9-12)14(3)19-16(21)18-5-7-20-6-4-17-11-20/h4,6,8-11,14H,5,7H2,1-3H3,(H2,18,19,21)/t14-/m1/s1. The van der Waals surface area contributed by atoms with Gasteiger partial charge >= 0.3 is 6.03 Å². The highest BCUT2D eigenvalue weighted by Gasteiger charge is 2.09. The maximum atomic E-state index is 11.9. The lowest BCUT2D eigenvalue weighted by molar-refractivity contribution is 0.237. The molecule has 0 aliphatic heterocycles. The maximum absolute atomic E-state index is 11.9. The van der Waals surface area contributed by atoms with E-state index in [0.29, 0.717) is 13.1 Å². The van der Waals surface area contributed by atoms with E-state index in [9.17, 15) is 4.79 Å². The summed E-state index contributed by atoms with van der Waals surface area (Å²) in [5.74, 6) is 0. The van der Waals surface area contributed by atoms with Crippen LogP contribution in [0.2, 0.25) is 0 Å². The van der Waals surface area contributed by atoms with Crippen molar-refractivity contribution in [1.82, 2.24) is 20.2 Å². The average molecular weight is 286 g/mol. The molecular weight excluding hydrogens is 264 g/mol. The van der Waals surface area contributed by atoms with Gasteiger partial charge in [0.05, 0.1) is 12.4 Å². The van der Waals surface area contributed by atoms with Crippen molar-refractivity contribution in [3.8, 4) is 0 Å². The molecule has 0 fully saturated rings. The summed E-state index contributed by atoms with van der Waals surface area (Å²) >= 11 is 0. The van der Waals surface area contributed by atoms with E-state index in [1.54, 1.807) is 12.5 Å². The number of aryl methyl sites for hydroxylation is 2. The molecule has 2 aromatic rings. The van der Waals surface area contributed by atoms with Crippen LogP contribution >= 0.6 is 0 Å². The normalized spacial score (nSPS) is 12.0. The maximum Gasteiger partial charge on any atom is 0.315 e. The topological polar surface area (TPSA) is 59.0 Å². The van der Waals surface area contributed by atoms with Gasteiger partial charge in [0, 0.05) is 25.5 Å². The first kappa shape index (κ1) is 15.1. The quantitative estimate of drug-likeness (QED) is 0.887. The number of imidazole rings is 1. The molecular formula is C16H22N4O. The molecule has 1 heterocycles. The Bertz CT molecular complexity index is 572. The average Bonchev–Trinajstić information content (AvgIpc) is 2.90. The second-order valence-corrected chi connectivity index (χ2v) is 5.34. The van der Waals surface area contributed by atoms with Crippen molar-refractivity contribution in [2.45, 2.75) is 33.4 Å². The molecule has 0 radical (unpaired) electrons. The number of urea groups is 1. The molecule has 5 nitrogen and oxygen atoms in total. The van der Waals surface area contributed by atoms with E-state index in [2.05, 4.69) is 47.7 Å². The fourth-order valence-electron chi connectivity index (χ4n) is 2.31. The summed E-state index contributed by atoms with van der Waals surface area (Å²) in [5.41, 5.74) is 3.54. The lowest BCUT2D eigenvalue weighted by Crippen LogP contribution is -2.38. The van der Waals surface area contributed by atoms with E-state index in [4.69, 9.17) is 0 Å². The van der Waals surface area contributed by atoms with Gasteiger partial charge in [0.2, 0.25) is 0 Å². The Morgan fingerprint density at radius 2 is 2.00 bits per heavy atom. The van der Waals surface area contributed by atoms with Crippen LogP contribution in [0, 0.1) is 13.8 Å². The molecule has 0 aliphatic rings. The molecule has 112 valence electrons. The zero-order chi connectivity index (χ0) is 15.2. The van der Waals surface area contributed by atoms with Crippen LogP contribution in [0.3, 0.4) is 0 Å². The van der Waals surface area contributed by atoms with Gasteiger partial charge in [-0.3, -0.25) is 0 Å². The van der Waals surface area contributed by atoms with Crippen molar-refractivity contribution in [3.63, 3.8) is 0 Å². The number of carbonyl (C=O) groups is 1. The van der Waals surface area contributed by atoms with Crippen molar-refractivity contribution < 1.29 is 4.79 Å². The van der Waals surface area contributed by atoms with Crippen molar-refractivity contribution in [2.75, 3.05) is 6.54 Å². The molecule has 5 heteroatoms. The minimum atomic E-state index is -0.151. The molecule has 0 bridgehead atoms. The fourth-order valence-corrected chi connectivity index (χ4v) is 2.31. The Morgan fingerprint density at radius 1 is 1.29 bits per heavy atom.